The van der Waals surface area contributed by atoms with Crippen molar-refractivity contribution in [3.05, 3.63) is 62.5 Å². The van der Waals surface area contributed by atoms with Crippen LogP contribution in [0.1, 0.15) is 11.1 Å². The number of ether oxygens (including phenoxy) is 2. The molecule has 1 N–H and O–H groups in total. The number of carbonyl (C=O) groups is 2. The van der Waals surface area contributed by atoms with Crippen molar-refractivity contribution in [3.63, 3.8) is 0 Å². The quantitative estimate of drug-likeness (QED) is 0.444. The first-order valence-corrected chi connectivity index (χ1v) is 10.5. The summed E-state index contributed by atoms with van der Waals surface area (Å²) in [5, 5.41) is 9.92. The van der Waals surface area contributed by atoms with E-state index >= 15 is 0 Å². The van der Waals surface area contributed by atoms with Gasteiger partial charge in [-0.1, -0.05) is 59.3 Å². The average Bonchev–Trinajstić information content (AvgIpc) is 2.95. The molecule has 0 spiro atoms. The SMILES string of the molecule is COc1cc(/C=C2\SC(=S)N(CC(=O)O)C2=O)ccc1OCc1c(Cl)cccc1Cl. The van der Waals surface area contributed by atoms with Gasteiger partial charge >= 0.3 is 5.97 Å². The zero-order chi connectivity index (χ0) is 21.8. The molecule has 1 heterocycles. The molecule has 0 aliphatic carbocycles. The van der Waals surface area contributed by atoms with E-state index in [0.29, 0.717) is 37.6 Å². The minimum Gasteiger partial charge on any atom is -0.493 e. The molecule has 1 saturated heterocycles. The highest BCUT2D eigenvalue weighted by atomic mass is 35.5. The lowest BCUT2D eigenvalue weighted by molar-refractivity contribution is -0.140. The maximum atomic E-state index is 12.4. The number of carbonyl (C=O) groups excluding carboxylic acids is 1. The number of halogens is 2. The smallest absolute Gasteiger partial charge is 0.323 e. The first-order valence-electron chi connectivity index (χ1n) is 8.51. The third-order valence-electron chi connectivity index (χ3n) is 4.09. The Labute approximate surface area is 192 Å². The van der Waals surface area contributed by atoms with Gasteiger partial charge in [-0.15, -0.1) is 0 Å². The normalized spacial score (nSPS) is 15.0. The van der Waals surface area contributed by atoms with Crippen LogP contribution in [-0.4, -0.2) is 39.9 Å². The lowest BCUT2D eigenvalue weighted by atomic mass is 10.1. The topological polar surface area (TPSA) is 76.1 Å². The molecular weight excluding hydrogens is 469 g/mol. The van der Waals surface area contributed by atoms with Crippen molar-refractivity contribution >= 4 is 69.5 Å². The highest BCUT2D eigenvalue weighted by Crippen LogP contribution is 2.35. The zero-order valence-electron chi connectivity index (χ0n) is 15.6. The fourth-order valence-electron chi connectivity index (χ4n) is 2.64. The van der Waals surface area contributed by atoms with Crippen molar-refractivity contribution < 1.29 is 24.2 Å². The number of hydrogen-bond acceptors (Lipinski definition) is 6. The Bertz CT molecular complexity index is 1040. The van der Waals surface area contributed by atoms with Crippen LogP contribution in [-0.2, 0) is 16.2 Å². The van der Waals surface area contributed by atoms with Gasteiger partial charge in [-0.05, 0) is 35.9 Å². The van der Waals surface area contributed by atoms with E-state index in [9.17, 15) is 9.59 Å². The second-order valence-corrected chi connectivity index (χ2v) is 8.55. The van der Waals surface area contributed by atoms with Crippen molar-refractivity contribution in [2.24, 2.45) is 0 Å². The molecule has 1 aliphatic heterocycles. The van der Waals surface area contributed by atoms with Crippen molar-refractivity contribution in [2.75, 3.05) is 13.7 Å². The van der Waals surface area contributed by atoms with Crippen molar-refractivity contribution in [2.45, 2.75) is 6.61 Å². The Hall–Kier alpha value is -2.26. The van der Waals surface area contributed by atoms with E-state index < -0.39 is 18.4 Å². The highest BCUT2D eigenvalue weighted by Gasteiger charge is 2.33. The van der Waals surface area contributed by atoms with E-state index in [1.165, 1.54) is 7.11 Å². The average molecular weight is 484 g/mol. The van der Waals surface area contributed by atoms with E-state index in [2.05, 4.69) is 0 Å². The maximum absolute atomic E-state index is 12.4. The molecule has 0 radical (unpaired) electrons. The van der Waals surface area contributed by atoms with Crippen LogP contribution in [0, 0.1) is 0 Å². The van der Waals surface area contributed by atoms with Crippen molar-refractivity contribution in [1.82, 2.24) is 4.90 Å². The van der Waals surface area contributed by atoms with Crippen LogP contribution in [0.25, 0.3) is 6.08 Å². The molecule has 0 aromatic heterocycles. The van der Waals surface area contributed by atoms with Gasteiger partial charge in [0.15, 0.2) is 11.5 Å². The lowest BCUT2D eigenvalue weighted by Crippen LogP contribution is -2.33. The number of carboxylic acids is 1. The number of rotatable bonds is 7. The van der Waals surface area contributed by atoms with Crippen LogP contribution >= 0.6 is 47.2 Å². The van der Waals surface area contributed by atoms with Crippen LogP contribution < -0.4 is 9.47 Å². The molecule has 156 valence electrons. The fraction of sp³-hybridized carbons (Fsp3) is 0.150. The number of hydrogen-bond donors (Lipinski definition) is 1. The molecule has 1 amide bonds. The number of carboxylic acid groups (broad SMARTS) is 1. The summed E-state index contributed by atoms with van der Waals surface area (Å²) >= 11 is 18.5. The van der Waals surface area contributed by atoms with Gasteiger partial charge in [0.25, 0.3) is 5.91 Å². The van der Waals surface area contributed by atoms with Gasteiger partial charge in [-0.3, -0.25) is 14.5 Å². The largest absolute Gasteiger partial charge is 0.493 e. The molecular formula is C20H15Cl2NO5S2. The zero-order valence-corrected chi connectivity index (χ0v) is 18.7. The second kappa shape index (κ2) is 9.70. The summed E-state index contributed by atoms with van der Waals surface area (Å²) < 4.78 is 11.4. The number of nitrogens with zero attached hydrogens (tertiary/aromatic N) is 1. The van der Waals surface area contributed by atoms with Gasteiger partial charge in [0, 0.05) is 15.6 Å². The Morgan fingerprint density at radius 2 is 1.93 bits per heavy atom. The number of methoxy groups -OCH3 is 1. The van der Waals surface area contributed by atoms with Gasteiger partial charge < -0.3 is 14.6 Å². The summed E-state index contributed by atoms with van der Waals surface area (Å²) in [5.74, 6) is -0.647. The predicted molar refractivity (Wildman–Crippen MR) is 121 cm³/mol. The summed E-state index contributed by atoms with van der Waals surface area (Å²) in [7, 11) is 1.50. The Morgan fingerprint density at radius 3 is 2.57 bits per heavy atom. The summed E-state index contributed by atoms with van der Waals surface area (Å²) in [6.07, 6.45) is 1.62. The van der Waals surface area contributed by atoms with Crippen LogP contribution in [0.2, 0.25) is 10.0 Å². The molecule has 2 aromatic rings. The summed E-state index contributed by atoms with van der Waals surface area (Å²) in [6, 6.07) is 10.4. The highest BCUT2D eigenvalue weighted by molar-refractivity contribution is 8.26. The fourth-order valence-corrected chi connectivity index (χ4v) is 4.40. The first kappa shape index (κ1) is 22.4. The summed E-state index contributed by atoms with van der Waals surface area (Å²) in [5.41, 5.74) is 1.33. The molecule has 30 heavy (non-hydrogen) atoms. The summed E-state index contributed by atoms with van der Waals surface area (Å²) in [6.45, 7) is -0.315. The molecule has 10 heteroatoms. The van der Waals surface area contributed by atoms with Gasteiger partial charge in [0.05, 0.1) is 12.0 Å². The standard InChI is InChI=1S/C20H15Cl2NO5S2/c1-27-16-7-11(8-17-19(26)23(9-18(24)25)20(29)30-17)5-6-15(16)28-10-12-13(21)3-2-4-14(12)22/h2-8H,9-10H2,1H3,(H,24,25)/b17-8-. The number of thiocarbonyl (C=S) groups is 1. The van der Waals surface area contributed by atoms with Crippen LogP contribution in [0.4, 0.5) is 0 Å². The summed E-state index contributed by atoms with van der Waals surface area (Å²) in [4.78, 5) is 24.7. The molecule has 0 atom stereocenters. The molecule has 0 saturated carbocycles. The van der Waals surface area contributed by atoms with Gasteiger partial charge in [-0.2, -0.15) is 0 Å². The third-order valence-corrected chi connectivity index (χ3v) is 6.17. The number of thioether (sulfide) groups is 1. The number of amides is 1. The second-order valence-electron chi connectivity index (χ2n) is 6.06. The predicted octanol–water partition coefficient (Wildman–Crippen LogP) is 4.87. The van der Waals surface area contributed by atoms with Crippen LogP contribution in [0.15, 0.2) is 41.3 Å². The first-order chi connectivity index (χ1) is 14.3. The lowest BCUT2D eigenvalue weighted by Gasteiger charge is -2.13. The molecule has 2 aromatic carbocycles. The number of benzene rings is 2. The Balaban J connectivity index is 1.79. The minimum absolute atomic E-state index is 0.155. The monoisotopic (exact) mass is 483 g/mol. The van der Waals surface area contributed by atoms with Crippen LogP contribution in [0.3, 0.4) is 0 Å². The van der Waals surface area contributed by atoms with Gasteiger partial charge in [-0.25, -0.2) is 0 Å². The molecule has 6 nitrogen and oxygen atoms in total. The molecule has 3 rings (SSSR count). The Morgan fingerprint density at radius 1 is 1.23 bits per heavy atom. The van der Waals surface area contributed by atoms with E-state index in [-0.39, 0.29) is 10.9 Å². The van der Waals surface area contributed by atoms with Crippen molar-refractivity contribution in [3.8, 4) is 11.5 Å². The third kappa shape index (κ3) is 5.07. The van der Waals surface area contributed by atoms with Crippen LogP contribution in [0.5, 0.6) is 11.5 Å². The molecule has 1 aliphatic rings. The van der Waals surface area contributed by atoms with Gasteiger partial charge in [0.1, 0.15) is 17.5 Å². The maximum Gasteiger partial charge on any atom is 0.323 e. The van der Waals surface area contributed by atoms with Gasteiger partial charge in [0.2, 0.25) is 0 Å². The number of aliphatic carboxylic acids is 1. The van der Waals surface area contributed by atoms with E-state index in [1.54, 1.807) is 42.5 Å². The van der Waals surface area contributed by atoms with E-state index in [0.717, 1.165) is 16.7 Å². The Kier molecular flexibility index (Phi) is 7.25. The molecule has 1 fully saturated rings. The van der Waals surface area contributed by atoms with Crippen molar-refractivity contribution in [1.29, 1.82) is 0 Å². The van der Waals surface area contributed by atoms with E-state index in [4.69, 9.17) is 50.0 Å². The molecule has 0 bridgehead atoms. The molecule has 0 unspecified atom stereocenters. The minimum atomic E-state index is -1.13. The van der Waals surface area contributed by atoms with E-state index in [1.807, 2.05) is 0 Å².